The maximum Gasteiger partial charge on any atom is 0.258 e. The molecule has 0 aliphatic rings. The second-order valence-corrected chi connectivity index (χ2v) is 5.67. The van der Waals surface area contributed by atoms with Crippen LogP contribution in [-0.2, 0) is 0 Å². The monoisotopic (exact) mass is 309 g/mol. The highest BCUT2D eigenvalue weighted by Crippen LogP contribution is 2.35. The van der Waals surface area contributed by atoms with Gasteiger partial charge >= 0.3 is 0 Å². The number of hydrogen-bond acceptors (Lipinski definition) is 6. The highest BCUT2D eigenvalue weighted by Gasteiger charge is 2.22. The third kappa shape index (κ3) is 2.14. The lowest BCUT2D eigenvalue weighted by molar-refractivity contribution is 0.399. The molecule has 4 aromatic rings. The molecule has 0 bridgehead atoms. The van der Waals surface area contributed by atoms with Crippen molar-refractivity contribution in [3.05, 3.63) is 53.6 Å². The Kier molecular flexibility index (Phi) is 3.08. The van der Waals surface area contributed by atoms with Crippen LogP contribution in [0.5, 0.6) is 0 Å². The Morgan fingerprint density at radius 3 is 2.55 bits per heavy atom. The van der Waals surface area contributed by atoms with Gasteiger partial charge in [0.25, 0.3) is 11.8 Å². The van der Waals surface area contributed by atoms with Crippen LogP contribution < -0.4 is 0 Å². The normalized spacial score (nSPS) is 11.0. The number of hydrogen-bond donors (Lipinski definition) is 0. The molecule has 0 atom stereocenters. The largest absolute Gasteiger partial charge is 0.415 e. The Morgan fingerprint density at radius 2 is 1.77 bits per heavy atom. The fourth-order valence-corrected chi connectivity index (χ4v) is 2.89. The number of aryl methyl sites for hydroxylation is 1. The highest BCUT2D eigenvalue weighted by atomic mass is 32.1. The molecule has 0 N–H and O–H groups in total. The second kappa shape index (κ2) is 5.23. The van der Waals surface area contributed by atoms with Crippen molar-refractivity contribution < 1.29 is 8.94 Å². The van der Waals surface area contributed by atoms with Gasteiger partial charge in [-0.25, -0.2) is 0 Å². The van der Waals surface area contributed by atoms with Gasteiger partial charge in [-0.15, -0.1) is 21.5 Å². The van der Waals surface area contributed by atoms with E-state index in [9.17, 15) is 0 Å². The van der Waals surface area contributed by atoms with E-state index in [4.69, 9.17) is 8.94 Å². The maximum atomic E-state index is 5.80. The van der Waals surface area contributed by atoms with E-state index in [2.05, 4.69) is 15.4 Å². The Morgan fingerprint density at radius 1 is 0.955 bits per heavy atom. The van der Waals surface area contributed by atoms with Gasteiger partial charge in [-0.05, 0) is 18.4 Å². The molecular weight excluding hydrogens is 298 g/mol. The molecule has 0 saturated carbocycles. The van der Waals surface area contributed by atoms with Crippen LogP contribution in [0.3, 0.4) is 0 Å². The molecule has 0 saturated heterocycles. The van der Waals surface area contributed by atoms with Crippen molar-refractivity contribution in [2.24, 2.45) is 0 Å². The first-order chi connectivity index (χ1) is 10.8. The van der Waals surface area contributed by atoms with E-state index in [0.717, 1.165) is 16.0 Å². The van der Waals surface area contributed by atoms with Crippen LogP contribution in [0, 0.1) is 6.92 Å². The van der Waals surface area contributed by atoms with Crippen LogP contribution >= 0.6 is 11.3 Å². The van der Waals surface area contributed by atoms with Crippen LogP contribution in [0.1, 0.15) is 5.76 Å². The van der Waals surface area contributed by atoms with Gasteiger partial charge in [0.2, 0.25) is 0 Å². The van der Waals surface area contributed by atoms with Gasteiger partial charge in [0.05, 0.1) is 4.88 Å². The third-order valence-electron chi connectivity index (χ3n) is 3.28. The van der Waals surface area contributed by atoms with Crippen LogP contribution in [0.4, 0.5) is 0 Å². The van der Waals surface area contributed by atoms with Crippen LogP contribution in [0.25, 0.3) is 33.5 Å². The Balaban J connectivity index is 1.82. The predicted octanol–water partition coefficient (Wildman–Crippen LogP) is 4.43. The van der Waals surface area contributed by atoms with E-state index in [1.807, 2.05) is 54.8 Å². The molecule has 22 heavy (non-hydrogen) atoms. The first-order valence-electron chi connectivity index (χ1n) is 6.72. The minimum atomic E-state index is 0.418. The van der Waals surface area contributed by atoms with Crippen molar-refractivity contribution >= 4 is 11.3 Å². The van der Waals surface area contributed by atoms with Crippen LogP contribution in [0.2, 0.25) is 0 Å². The van der Waals surface area contributed by atoms with E-state index in [-0.39, 0.29) is 0 Å². The van der Waals surface area contributed by atoms with E-state index < -0.39 is 0 Å². The number of thiophene rings is 1. The average molecular weight is 309 g/mol. The molecule has 0 amide bonds. The number of nitrogens with zero attached hydrogens (tertiary/aromatic N) is 3. The van der Waals surface area contributed by atoms with Gasteiger partial charge in [0, 0.05) is 5.56 Å². The summed E-state index contributed by atoms with van der Waals surface area (Å²) in [6.45, 7) is 1.84. The summed E-state index contributed by atoms with van der Waals surface area (Å²) in [5.74, 6) is 1.57. The van der Waals surface area contributed by atoms with Crippen molar-refractivity contribution in [3.63, 3.8) is 0 Å². The Hall–Kier alpha value is -2.73. The summed E-state index contributed by atoms with van der Waals surface area (Å²) < 4.78 is 11.1. The summed E-state index contributed by atoms with van der Waals surface area (Å²) in [4.78, 5) is 0.939. The van der Waals surface area contributed by atoms with Crippen LogP contribution in [0.15, 0.2) is 56.8 Å². The lowest BCUT2D eigenvalue weighted by atomic mass is 10.1. The molecule has 0 aliphatic heterocycles. The molecule has 4 rings (SSSR count). The smallest absolute Gasteiger partial charge is 0.258 e. The van der Waals surface area contributed by atoms with Crippen molar-refractivity contribution in [1.82, 2.24) is 15.4 Å². The second-order valence-electron chi connectivity index (χ2n) is 4.72. The fraction of sp³-hybridized carbons (Fsp3) is 0.0625. The zero-order valence-corrected chi connectivity index (χ0v) is 12.5. The van der Waals surface area contributed by atoms with E-state index >= 15 is 0 Å². The van der Waals surface area contributed by atoms with Gasteiger partial charge in [0.15, 0.2) is 0 Å². The molecule has 0 unspecified atom stereocenters. The zero-order chi connectivity index (χ0) is 14.9. The molecule has 1 aromatic carbocycles. The van der Waals surface area contributed by atoms with Gasteiger partial charge in [0.1, 0.15) is 17.0 Å². The molecule has 5 nitrogen and oxygen atoms in total. The van der Waals surface area contributed by atoms with Crippen molar-refractivity contribution in [2.45, 2.75) is 6.92 Å². The standard InChI is InChI=1S/C16H11N3O2S/c1-10-13(14(19-21-10)11-6-3-2-4-7-11)16-18-17-15(20-16)12-8-5-9-22-12/h2-9H,1H3. The molecule has 0 aliphatic carbocycles. The highest BCUT2D eigenvalue weighted by molar-refractivity contribution is 7.13. The number of rotatable bonds is 3. The Labute approximate surface area is 130 Å². The first-order valence-corrected chi connectivity index (χ1v) is 7.60. The summed E-state index contributed by atoms with van der Waals surface area (Å²) in [6.07, 6.45) is 0. The lowest BCUT2D eigenvalue weighted by Gasteiger charge is -1.97. The average Bonchev–Trinajstić information content (AvgIpc) is 3.27. The molecule has 6 heteroatoms. The van der Waals surface area contributed by atoms with Gasteiger partial charge in [-0.1, -0.05) is 41.6 Å². The quantitative estimate of drug-likeness (QED) is 0.560. The molecule has 3 heterocycles. The minimum absolute atomic E-state index is 0.418. The zero-order valence-electron chi connectivity index (χ0n) is 11.7. The lowest BCUT2D eigenvalue weighted by Crippen LogP contribution is -1.84. The first kappa shape index (κ1) is 13.0. The Bertz CT molecular complexity index is 895. The third-order valence-corrected chi connectivity index (χ3v) is 4.14. The van der Waals surface area contributed by atoms with Crippen molar-refractivity contribution in [1.29, 1.82) is 0 Å². The summed E-state index contributed by atoms with van der Waals surface area (Å²) in [6, 6.07) is 13.7. The number of benzene rings is 1. The molecule has 0 radical (unpaired) electrons. The van der Waals surface area contributed by atoms with E-state index in [0.29, 0.717) is 23.2 Å². The summed E-state index contributed by atoms with van der Waals surface area (Å²) in [5.41, 5.74) is 2.39. The van der Waals surface area contributed by atoms with E-state index in [1.165, 1.54) is 0 Å². The van der Waals surface area contributed by atoms with E-state index in [1.54, 1.807) is 11.3 Å². The topological polar surface area (TPSA) is 65.0 Å². The predicted molar refractivity (Wildman–Crippen MR) is 83.3 cm³/mol. The van der Waals surface area contributed by atoms with Crippen molar-refractivity contribution in [3.8, 4) is 33.5 Å². The maximum absolute atomic E-state index is 5.80. The van der Waals surface area contributed by atoms with Gasteiger partial charge < -0.3 is 8.94 Å². The SMILES string of the molecule is Cc1onc(-c2ccccc2)c1-c1nnc(-c2cccs2)o1. The summed E-state index contributed by atoms with van der Waals surface area (Å²) in [7, 11) is 0. The van der Waals surface area contributed by atoms with Gasteiger partial charge in [-0.3, -0.25) is 0 Å². The fourth-order valence-electron chi connectivity index (χ4n) is 2.24. The van der Waals surface area contributed by atoms with Crippen LogP contribution in [-0.4, -0.2) is 15.4 Å². The minimum Gasteiger partial charge on any atom is -0.415 e. The van der Waals surface area contributed by atoms with Crippen molar-refractivity contribution in [2.75, 3.05) is 0 Å². The summed E-state index contributed by atoms with van der Waals surface area (Å²) >= 11 is 1.56. The molecule has 108 valence electrons. The number of aromatic nitrogens is 3. The summed E-state index contributed by atoms with van der Waals surface area (Å²) in [5, 5.41) is 14.4. The molecular formula is C16H11N3O2S. The van der Waals surface area contributed by atoms with Gasteiger partial charge in [-0.2, -0.15) is 0 Å². The molecule has 3 aromatic heterocycles. The molecule has 0 fully saturated rings. The molecule has 0 spiro atoms.